The maximum absolute atomic E-state index is 12.2. The van der Waals surface area contributed by atoms with Crippen LogP contribution in [0, 0.1) is 12.3 Å². The second-order valence-corrected chi connectivity index (χ2v) is 7.02. The molecule has 1 saturated carbocycles. The zero-order valence-corrected chi connectivity index (χ0v) is 14.3. The van der Waals surface area contributed by atoms with Gasteiger partial charge < -0.3 is 5.32 Å². The summed E-state index contributed by atoms with van der Waals surface area (Å²) in [7, 11) is 0. The summed E-state index contributed by atoms with van der Waals surface area (Å²) >= 11 is 7.04. The number of amides is 1. The molecule has 2 nitrogen and oxygen atoms in total. The van der Waals surface area contributed by atoms with E-state index in [2.05, 4.69) is 37.2 Å². The molecule has 0 saturated heterocycles. The van der Waals surface area contributed by atoms with Crippen LogP contribution >= 0.6 is 31.9 Å². The summed E-state index contributed by atoms with van der Waals surface area (Å²) in [5, 5.41) is 4.07. The first kappa shape index (κ1) is 15.0. The molecule has 1 aromatic carbocycles. The number of hydrogen-bond acceptors (Lipinski definition) is 1. The molecular formula is C15H19Br2NO. The number of nitrogens with one attached hydrogen (secondary N) is 1. The first-order valence-corrected chi connectivity index (χ1v) is 8.57. The lowest BCUT2D eigenvalue weighted by molar-refractivity contribution is 0.0935. The SMILES string of the molecule is Cc1cc(Br)cc(C(=O)NCC2(CBr)CCCC2)c1. The Hall–Kier alpha value is -0.350. The average molecular weight is 389 g/mol. The molecule has 1 aliphatic carbocycles. The highest BCUT2D eigenvalue weighted by molar-refractivity contribution is 9.10. The number of alkyl halides is 1. The van der Waals surface area contributed by atoms with Crippen LogP contribution in [0.2, 0.25) is 0 Å². The van der Waals surface area contributed by atoms with Gasteiger partial charge in [-0.2, -0.15) is 0 Å². The van der Waals surface area contributed by atoms with Crippen molar-refractivity contribution in [2.75, 3.05) is 11.9 Å². The zero-order chi connectivity index (χ0) is 13.9. The Morgan fingerprint density at radius 2 is 2.00 bits per heavy atom. The van der Waals surface area contributed by atoms with E-state index >= 15 is 0 Å². The van der Waals surface area contributed by atoms with Crippen LogP contribution in [-0.2, 0) is 0 Å². The van der Waals surface area contributed by atoms with Gasteiger partial charge in [0.05, 0.1) is 0 Å². The second kappa shape index (κ2) is 6.40. The van der Waals surface area contributed by atoms with Gasteiger partial charge in [-0.1, -0.05) is 44.7 Å². The maximum Gasteiger partial charge on any atom is 0.251 e. The molecule has 0 aliphatic heterocycles. The van der Waals surface area contributed by atoms with Crippen LogP contribution in [0.15, 0.2) is 22.7 Å². The molecule has 4 heteroatoms. The molecule has 0 spiro atoms. The Morgan fingerprint density at radius 3 is 2.58 bits per heavy atom. The monoisotopic (exact) mass is 387 g/mol. The van der Waals surface area contributed by atoms with Crippen molar-refractivity contribution in [2.45, 2.75) is 32.6 Å². The van der Waals surface area contributed by atoms with E-state index in [0.29, 0.717) is 0 Å². The number of hydrogen-bond donors (Lipinski definition) is 1. The Morgan fingerprint density at radius 1 is 1.32 bits per heavy atom. The first-order valence-electron chi connectivity index (χ1n) is 6.66. The minimum atomic E-state index is 0.0247. The van der Waals surface area contributed by atoms with Gasteiger partial charge >= 0.3 is 0 Å². The molecule has 1 aromatic rings. The van der Waals surface area contributed by atoms with Crippen LogP contribution in [0.4, 0.5) is 0 Å². The topological polar surface area (TPSA) is 29.1 Å². The summed E-state index contributed by atoms with van der Waals surface area (Å²) in [5.74, 6) is 0.0247. The van der Waals surface area contributed by atoms with E-state index in [0.717, 1.165) is 27.5 Å². The van der Waals surface area contributed by atoms with Gasteiger partial charge in [0.15, 0.2) is 0 Å². The molecule has 1 aliphatic rings. The Kier molecular flexibility index (Phi) is 5.07. The van der Waals surface area contributed by atoms with E-state index in [9.17, 15) is 4.79 Å². The van der Waals surface area contributed by atoms with Gasteiger partial charge in [0.1, 0.15) is 0 Å². The molecule has 1 N–H and O–H groups in total. The summed E-state index contributed by atoms with van der Waals surface area (Å²) in [6, 6.07) is 5.81. The van der Waals surface area contributed by atoms with E-state index in [-0.39, 0.29) is 11.3 Å². The van der Waals surface area contributed by atoms with Crippen LogP contribution in [0.25, 0.3) is 0 Å². The summed E-state index contributed by atoms with van der Waals surface area (Å²) in [4.78, 5) is 12.2. The molecule has 0 bridgehead atoms. The lowest BCUT2D eigenvalue weighted by Crippen LogP contribution is -2.37. The minimum Gasteiger partial charge on any atom is -0.351 e. The van der Waals surface area contributed by atoms with Crippen LogP contribution in [0.5, 0.6) is 0 Å². The van der Waals surface area contributed by atoms with Crippen molar-refractivity contribution in [3.8, 4) is 0 Å². The molecule has 0 radical (unpaired) electrons. The fourth-order valence-electron chi connectivity index (χ4n) is 2.72. The van der Waals surface area contributed by atoms with Crippen LogP contribution in [-0.4, -0.2) is 17.8 Å². The number of rotatable bonds is 4. The number of carbonyl (C=O) groups is 1. The first-order chi connectivity index (χ1) is 9.04. The highest BCUT2D eigenvalue weighted by Crippen LogP contribution is 2.39. The lowest BCUT2D eigenvalue weighted by Gasteiger charge is -2.26. The predicted octanol–water partition coefficient (Wildman–Crippen LogP) is 4.44. The smallest absolute Gasteiger partial charge is 0.251 e. The normalized spacial score (nSPS) is 17.4. The van der Waals surface area contributed by atoms with Gasteiger partial charge in [-0.05, 0) is 48.9 Å². The maximum atomic E-state index is 12.2. The van der Waals surface area contributed by atoms with E-state index < -0.39 is 0 Å². The van der Waals surface area contributed by atoms with Crippen LogP contribution in [0.3, 0.4) is 0 Å². The number of benzene rings is 1. The van der Waals surface area contributed by atoms with Crippen molar-refractivity contribution < 1.29 is 4.79 Å². The van der Waals surface area contributed by atoms with Gasteiger partial charge in [-0.25, -0.2) is 0 Å². The molecule has 104 valence electrons. The van der Waals surface area contributed by atoms with Gasteiger partial charge in [-0.3, -0.25) is 4.79 Å². The molecule has 0 atom stereocenters. The lowest BCUT2D eigenvalue weighted by atomic mass is 9.89. The van der Waals surface area contributed by atoms with Gasteiger partial charge in [0.25, 0.3) is 5.91 Å². The van der Waals surface area contributed by atoms with Crippen molar-refractivity contribution in [3.63, 3.8) is 0 Å². The Balaban J connectivity index is 2.01. The van der Waals surface area contributed by atoms with E-state index in [1.165, 1.54) is 25.7 Å². The van der Waals surface area contributed by atoms with Crippen molar-refractivity contribution in [2.24, 2.45) is 5.41 Å². The number of halogens is 2. The summed E-state index contributed by atoms with van der Waals surface area (Å²) in [5.41, 5.74) is 2.08. The quantitative estimate of drug-likeness (QED) is 0.758. The van der Waals surface area contributed by atoms with Crippen molar-refractivity contribution in [3.05, 3.63) is 33.8 Å². The molecule has 2 rings (SSSR count). The third kappa shape index (κ3) is 3.82. The summed E-state index contributed by atoms with van der Waals surface area (Å²) in [6.07, 6.45) is 4.96. The molecule has 1 fully saturated rings. The van der Waals surface area contributed by atoms with Crippen molar-refractivity contribution in [1.29, 1.82) is 0 Å². The van der Waals surface area contributed by atoms with Gasteiger partial charge in [0.2, 0.25) is 0 Å². The van der Waals surface area contributed by atoms with Crippen LogP contribution < -0.4 is 5.32 Å². The van der Waals surface area contributed by atoms with Crippen molar-refractivity contribution in [1.82, 2.24) is 5.32 Å². The van der Waals surface area contributed by atoms with E-state index in [1.807, 2.05) is 25.1 Å². The fraction of sp³-hybridized carbons (Fsp3) is 0.533. The van der Waals surface area contributed by atoms with Crippen LogP contribution in [0.1, 0.15) is 41.6 Å². The van der Waals surface area contributed by atoms with E-state index in [1.54, 1.807) is 0 Å². The predicted molar refractivity (Wildman–Crippen MR) is 85.9 cm³/mol. The third-order valence-electron chi connectivity index (χ3n) is 3.88. The Labute approximate surface area is 131 Å². The largest absolute Gasteiger partial charge is 0.351 e. The highest BCUT2D eigenvalue weighted by atomic mass is 79.9. The molecule has 0 aromatic heterocycles. The highest BCUT2D eigenvalue weighted by Gasteiger charge is 2.33. The molecular weight excluding hydrogens is 370 g/mol. The molecule has 19 heavy (non-hydrogen) atoms. The standard InChI is InChI=1S/C15H19Br2NO/c1-11-6-12(8-13(17)7-11)14(19)18-10-15(9-16)4-2-3-5-15/h6-8H,2-5,9-10H2,1H3,(H,18,19). The number of carbonyl (C=O) groups excluding carboxylic acids is 1. The summed E-state index contributed by atoms with van der Waals surface area (Å²) < 4.78 is 0.953. The second-order valence-electron chi connectivity index (χ2n) is 5.54. The molecule has 0 unspecified atom stereocenters. The third-order valence-corrected chi connectivity index (χ3v) is 5.52. The molecule has 0 heterocycles. The van der Waals surface area contributed by atoms with Crippen molar-refractivity contribution >= 4 is 37.8 Å². The van der Waals surface area contributed by atoms with Gasteiger partial charge in [-0.15, -0.1) is 0 Å². The fourth-order valence-corrected chi connectivity index (χ4v) is 4.09. The van der Waals surface area contributed by atoms with E-state index in [4.69, 9.17) is 0 Å². The Bertz CT molecular complexity index is 447. The minimum absolute atomic E-state index is 0.0247. The zero-order valence-electron chi connectivity index (χ0n) is 11.1. The molecule has 1 amide bonds. The summed E-state index contributed by atoms with van der Waals surface area (Å²) in [6.45, 7) is 2.77. The average Bonchev–Trinajstić information content (AvgIpc) is 2.84. The van der Waals surface area contributed by atoms with Gasteiger partial charge in [0, 0.05) is 21.9 Å². The number of aryl methyl sites for hydroxylation is 1.